The lowest BCUT2D eigenvalue weighted by atomic mass is 10.1. The van der Waals surface area contributed by atoms with Crippen LogP contribution < -0.4 is 21.7 Å². The summed E-state index contributed by atoms with van der Waals surface area (Å²) in [5, 5.41) is 25.0. The number of H-pyrrole nitrogens is 1. The first kappa shape index (κ1) is 23.4. The van der Waals surface area contributed by atoms with E-state index in [0.717, 1.165) is 0 Å². The Balaban J connectivity index is 2.91. The minimum Gasteiger partial charge on any atom is -0.480 e. The van der Waals surface area contributed by atoms with E-state index in [-0.39, 0.29) is 12.2 Å². The highest BCUT2D eigenvalue weighted by Gasteiger charge is 2.29. The number of nitrogens with two attached hydrogens (primary N) is 1. The van der Waals surface area contributed by atoms with Crippen molar-refractivity contribution in [1.82, 2.24) is 25.9 Å². The lowest BCUT2D eigenvalue weighted by molar-refractivity contribution is -0.143. The molecule has 0 radical (unpaired) electrons. The molecule has 8 N–H and O–H groups in total. The first-order valence-corrected chi connectivity index (χ1v) is 8.91. The summed E-state index contributed by atoms with van der Waals surface area (Å²) >= 11 is 4.01. The van der Waals surface area contributed by atoms with E-state index in [2.05, 4.69) is 38.5 Å². The van der Waals surface area contributed by atoms with Crippen LogP contribution in [0.4, 0.5) is 0 Å². The number of imidazole rings is 1. The number of nitrogens with zero attached hydrogens (tertiary/aromatic N) is 1. The fourth-order valence-electron chi connectivity index (χ4n) is 2.05. The van der Waals surface area contributed by atoms with Crippen molar-refractivity contribution in [2.45, 2.75) is 37.5 Å². The zero-order chi connectivity index (χ0) is 21.3. The molecule has 0 spiro atoms. The molecule has 13 heteroatoms. The third kappa shape index (κ3) is 7.17. The Morgan fingerprint density at radius 3 is 2.18 bits per heavy atom. The number of hydrogen-bond donors (Lipinski definition) is 8. The van der Waals surface area contributed by atoms with Crippen LogP contribution in [-0.4, -0.2) is 80.4 Å². The summed E-state index contributed by atoms with van der Waals surface area (Å²) in [6.45, 7) is 0.619. The molecule has 0 aliphatic carbocycles. The van der Waals surface area contributed by atoms with Gasteiger partial charge in [0.1, 0.15) is 18.1 Å². The first-order chi connectivity index (χ1) is 13.2. The van der Waals surface area contributed by atoms with Gasteiger partial charge in [-0.15, -0.1) is 0 Å². The number of aromatic nitrogens is 2. The van der Waals surface area contributed by atoms with Crippen LogP contribution >= 0.6 is 12.6 Å². The van der Waals surface area contributed by atoms with E-state index < -0.39 is 54.5 Å². The molecule has 4 atom stereocenters. The van der Waals surface area contributed by atoms with Gasteiger partial charge in [0.15, 0.2) is 0 Å². The largest absolute Gasteiger partial charge is 0.480 e. The average molecular weight is 416 g/mol. The maximum Gasteiger partial charge on any atom is 0.328 e. The van der Waals surface area contributed by atoms with E-state index in [4.69, 9.17) is 15.9 Å². The summed E-state index contributed by atoms with van der Waals surface area (Å²) in [7, 11) is 0. The number of carboxylic acid groups (broad SMARTS) is 1. The van der Waals surface area contributed by atoms with Gasteiger partial charge in [0.05, 0.1) is 19.0 Å². The second-order valence-corrected chi connectivity index (χ2v) is 6.32. The number of nitrogens with one attached hydrogen (secondary N) is 4. The molecule has 12 nitrogen and oxygen atoms in total. The highest BCUT2D eigenvalue weighted by atomic mass is 32.1. The van der Waals surface area contributed by atoms with Gasteiger partial charge in [-0.25, -0.2) is 9.78 Å². The second kappa shape index (κ2) is 11.3. The lowest BCUT2D eigenvalue weighted by Crippen LogP contribution is -2.58. The topological polar surface area (TPSA) is 200 Å². The molecule has 1 rings (SSSR count). The summed E-state index contributed by atoms with van der Waals surface area (Å²) in [5.41, 5.74) is 5.95. The van der Waals surface area contributed by atoms with Crippen molar-refractivity contribution in [3.63, 3.8) is 0 Å². The standard InChI is InChI=1S/C15H24N6O6S/c1-7(16)12(23)21-11(5-28)14(25)19-9(2-8-3-17-6-18-8)13(24)20-10(4-22)15(26)27/h3,6-7,9-11,22,28H,2,4-5,16H2,1H3,(H,17,18)(H,19,25)(H,20,24)(H,21,23)(H,26,27). The molecular formula is C15H24N6O6S. The molecule has 1 aromatic rings. The van der Waals surface area contributed by atoms with Crippen molar-refractivity contribution in [2.24, 2.45) is 5.73 Å². The quantitative estimate of drug-likeness (QED) is 0.172. The van der Waals surface area contributed by atoms with Crippen molar-refractivity contribution in [3.8, 4) is 0 Å². The van der Waals surface area contributed by atoms with Crippen LogP contribution in [0, 0.1) is 0 Å². The van der Waals surface area contributed by atoms with E-state index in [1.54, 1.807) is 0 Å². The molecular weight excluding hydrogens is 392 g/mol. The van der Waals surface area contributed by atoms with E-state index >= 15 is 0 Å². The molecule has 0 saturated carbocycles. The minimum atomic E-state index is -1.54. The first-order valence-electron chi connectivity index (χ1n) is 8.28. The zero-order valence-corrected chi connectivity index (χ0v) is 16.0. The van der Waals surface area contributed by atoms with Gasteiger partial charge in [-0.1, -0.05) is 0 Å². The van der Waals surface area contributed by atoms with E-state index in [9.17, 15) is 19.2 Å². The van der Waals surface area contributed by atoms with Gasteiger partial charge in [-0.2, -0.15) is 12.6 Å². The molecule has 0 bridgehead atoms. The van der Waals surface area contributed by atoms with Crippen LogP contribution in [-0.2, 0) is 25.6 Å². The van der Waals surface area contributed by atoms with Crippen LogP contribution in [0.25, 0.3) is 0 Å². The number of aliphatic hydroxyl groups is 1. The number of aliphatic carboxylic acids is 1. The second-order valence-electron chi connectivity index (χ2n) is 5.96. The molecule has 3 amide bonds. The zero-order valence-electron chi connectivity index (χ0n) is 15.1. The lowest BCUT2D eigenvalue weighted by Gasteiger charge is -2.23. The maximum absolute atomic E-state index is 12.5. The van der Waals surface area contributed by atoms with Crippen molar-refractivity contribution in [2.75, 3.05) is 12.4 Å². The fourth-order valence-corrected chi connectivity index (χ4v) is 2.31. The summed E-state index contributed by atoms with van der Waals surface area (Å²) in [6.07, 6.45) is 2.77. The minimum absolute atomic E-state index is 0.0319. The Morgan fingerprint density at radius 1 is 1.14 bits per heavy atom. The molecule has 0 fully saturated rings. The summed E-state index contributed by atoms with van der Waals surface area (Å²) in [5.74, 6) is -3.60. The molecule has 0 aliphatic heterocycles. The molecule has 0 saturated heterocycles. The van der Waals surface area contributed by atoms with Gasteiger partial charge < -0.3 is 36.9 Å². The Morgan fingerprint density at radius 2 is 1.71 bits per heavy atom. The number of hydrogen-bond acceptors (Lipinski definition) is 8. The van der Waals surface area contributed by atoms with E-state index in [1.807, 2.05) is 0 Å². The van der Waals surface area contributed by atoms with Gasteiger partial charge in [-0.05, 0) is 6.92 Å². The number of amides is 3. The van der Waals surface area contributed by atoms with Gasteiger partial charge >= 0.3 is 5.97 Å². The molecule has 0 aliphatic rings. The Kier molecular flexibility index (Phi) is 9.41. The van der Waals surface area contributed by atoms with Crippen LogP contribution in [0.15, 0.2) is 12.5 Å². The fraction of sp³-hybridized carbons (Fsp3) is 0.533. The molecule has 1 aromatic heterocycles. The van der Waals surface area contributed by atoms with E-state index in [1.165, 1.54) is 19.4 Å². The number of thiol groups is 1. The highest BCUT2D eigenvalue weighted by molar-refractivity contribution is 7.80. The van der Waals surface area contributed by atoms with Crippen LogP contribution in [0.3, 0.4) is 0 Å². The van der Waals surface area contributed by atoms with Crippen LogP contribution in [0.5, 0.6) is 0 Å². The van der Waals surface area contributed by atoms with Gasteiger partial charge in [0.25, 0.3) is 0 Å². The Labute approximate surface area is 166 Å². The monoisotopic (exact) mass is 416 g/mol. The van der Waals surface area contributed by atoms with Crippen molar-refractivity contribution >= 4 is 36.3 Å². The number of carbonyl (C=O) groups is 4. The number of rotatable bonds is 11. The molecule has 1 heterocycles. The maximum atomic E-state index is 12.5. The molecule has 0 aromatic carbocycles. The number of carboxylic acids is 1. The third-order valence-electron chi connectivity index (χ3n) is 3.64. The summed E-state index contributed by atoms with van der Waals surface area (Å²) in [6, 6.07) is -4.64. The van der Waals surface area contributed by atoms with Gasteiger partial charge in [0, 0.05) is 24.1 Å². The molecule has 156 valence electrons. The predicted molar refractivity (Wildman–Crippen MR) is 100 cm³/mol. The number of aromatic amines is 1. The van der Waals surface area contributed by atoms with Crippen molar-refractivity contribution in [3.05, 3.63) is 18.2 Å². The number of carbonyl (C=O) groups excluding carboxylic acids is 3. The SMILES string of the molecule is CC(N)C(=O)NC(CS)C(=O)NC(Cc1cnc[nH]1)C(=O)NC(CO)C(=O)O. The molecule has 4 unspecified atom stereocenters. The smallest absolute Gasteiger partial charge is 0.328 e. The Bertz CT molecular complexity index is 683. The normalized spacial score (nSPS) is 15.0. The van der Waals surface area contributed by atoms with Gasteiger partial charge in [0.2, 0.25) is 17.7 Å². The Hall–Kier alpha value is -2.64. The highest BCUT2D eigenvalue weighted by Crippen LogP contribution is 2.02. The predicted octanol–water partition coefficient (Wildman–Crippen LogP) is -3.24. The molecule has 28 heavy (non-hydrogen) atoms. The summed E-state index contributed by atoms with van der Waals surface area (Å²) < 4.78 is 0. The van der Waals surface area contributed by atoms with Crippen molar-refractivity contribution < 1.29 is 29.4 Å². The summed E-state index contributed by atoms with van der Waals surface area (Å²) in [4.78, 5) is 54.3. The third-order valence-corrected chi connectivity index (χ3v) is 4.00. The van der Waals surface area contributed by atoms with Gasteiger partial charge in [-0.3, -0.25) is 14.4 Å². The average Bonchev–Trinajstić information content (AvgIpc) is 3.15. The van der Waals surface area contributed by atoms with E-state index in [0.29, 0.717) is 5.69 Å². The van der Waals surface area contributed by atoms with Crippen LogP contribution in [0.2, 0.25) is 0 Å². The van der Waals surface area contributed by atoms with Crippen LogP contribution in [0.1, 0.15) is 12.6 Å². The van der Waals surface area contributed by atoms with Crippen molar-refractivity contribution in [1.29, 1.82) is 0 Å². The number of aliphatic hydroxyl groups excluding tert-OH is 1.